The predicted octanol–water partition coefficient (Wildman–Crippen LogP) is 5.64. The molecule has 3 amide bonds. The van der Waals surface area contributed by atoms with Crippen LogP contribution in [0.15, 0.2) is 77.5 Å². The molecular formula is C25H19Cl2N3O3. The summed E-state index contributed by atoms with van der Waals surface area (Å²) in [5.74, 6) is -1.49. The highest BCUT2D eigenvalue weighted by atomic mass is 35.5. The zero-order valence-corrected chi connectivity index (χ0v) is 19.3. The summed E-state index contributed by atoms with van der Waals surface area (Å²) < 4.78 is 0. The fourth-order valence-corrected chi connectivity index (χ4v) is 3.77. The van der Waals surface area contributed by atoms with Gasteiger partial charge in [0.2, 0.25) is 0 Å². The summed E-state index contributed by atoms with van der Waals surface area (Å²) in [4.78, 5) is 39.0. The van der Waals surface area contributed by atoms with E-state index in [0.29, 0.717) is 22.0 Å². The maximum atomic E-state index is 12.9. The SMILES string of the molecule is Cc1ccc(C)c(NC(=O)c2ccc(NC3=C(Cl)C(=O)N(c4cccc(Cl)c4)C3=O)cc2)c1. The molecule has 0 aromatic heterocycles. The molecule has 0 bridgehead atoms. The van der Waals surface area contributed by atoms with E-state index in [1.807, 2.05) is 32.0 Å². The standard InChI is InChI=1S/C25H19Cl2N3O3/c1-14-6-7-15(2)20(12-14)29-23(31)16-8-10-18(11-9-16)28-22-21(27)24(32)30(25(22)33)19-5-3-4-17(26)13-19/h3-13,28H,1-2H3,(H,29,31). The number of carbonyl (C=O) groups excluding carboxylic acids is 3. The fraction of sp³-hybridized carbons (Fsp3) is 0.0800. The van der Waals surface area contributed by atoms with Gasteiger partial charge in [0.1, 0.15) is 10.7 Å². The van der Waals surface area contributed by atoms with Crippen LogP contribution in [0.5, 0.6) is 0 Å². The Kier molecular flexibility index (Phi) is 6.22. The van der Waals surface area contributed by atoms with E-state index in [9.17, 15) is 14.4 Å². The largest absolute Gasteiger partial charge is 0.350 e. The third-order valence-corrected chi connectivity index (χ3v) is 5.74. The van der Waals surface area contributed by atoms with Gasteiger partial charge in [-0.05, 0) is 73.5 Å². The number of amides is 3. The van der Waals surface area contributed by atoms with E-state index < -0.39 is 11.8 Å². The highest BCUT2D eigenvalue weighted by Gasteiger charge is 2.39. The molecular weight excluding hydrogens is 461 g/mol. The van der Waals surface area contributed by atoms with Gasteiger partial charge < -0.3 is 10.6 Å². The van der Waals surface area contributed by atoms with Gasteiger partial charge in [-0.1, -0.05) is 41.4 Å². The molecule has 3 aromatic carbocycles. The molecule has 33 heavy (non-hydrogen) atoms. The average Bonchev–Trinajstić information content (AvgIpc) is 3.00. The van der Waals surface area contributed by atoms with E-state index in [1.165, 1.54) is 6.07 Å². The van der Waals surface area contributed by atoms with Crippen LogP contribution in [0.4, 0.5) is 17.1 Å². The summed E-state index contributed by atoms with van der Waals surface area (Å²) in [6, 6.07) is 18.7. The summed E-state index contributed by atoms with van der Waals surface area (Å²) >= 11 is 12.2. The quantitative estimate of drug-likeness (QED) is 0.463. The second-order valence-electron chi connectivity index (χ2n) is 7.59. The van der Waals surface area contributed by atoms with Crippen molar-refractivity contribution in [2.24, 2.45) is 0 Å². The summed E-state index contributed by atoms with van der Waals surface area (Å²) in [5, 5.41) is 5.95. The van der Waals surface area contributed by atoms with Gasteiger partial charge in [-0.2, -0.15) is 0 Å². The van der Waals surface area contributed by atoms with Crippen LogP contribution < -0.4 is 15.5 Å². The number of carbonyl (C=O) groups is 3. The van der Waals surface area contributed by atoms with Gasteiger partial charge in [-0.3, -0.25) is 14.4 Å². The zero-order chi connectivity index (χ0) is 23.7. The van der Waals surface area contributed by atoms with Gasteiger partial charge in [0.25, 0.3) is 17.7 Å². The molecule has 0 spiro atoms. The molecule has 0 aliphatic carbocycles. The number of benzene rings is 3. The summed E-state index contributed by atoms with van der Waals surface area (Å²) in [5.41, 5.74) is 3.97. The van der Waals surface area contributed by atoms with Gasteiger partial charge in [0, 0.05) is 22.0 Å². The Morgan fingerprint density at radius 3 is 2.30 bits per heavy atom. The second-order valence-corrected chi connectivity index (χ2v) is 8.40. The molecule has 0 atom stereocenters. The summed E-state index contributed by atoms with van der Waals surface area (Å²) in [7, 11) is 0. The van der Waals surface area contributed by atoms with Crippen molar-refractivity contribution in [1.29, 1.82) is 0 Å². The molecule has 1 heterocycles. The van der Waals surface area contributed by atoms with Gasteiger partial charge in [0.05, 0.1) is 5.69 Å². The zero-order valence-electron chi connectivity index (χ0n) is 17.8. The van der Waals surface area contributed by atoms with Crippen LogP contribution in [0.25, 0.3) is 0 Å². The number of halogens is 2. The van der Waals surface area contributed by atoms with Crippen LogP contribution in [0.3, 0.4) is 0 Å². The first-order valence-corrected chi connectivity index (χ1v) is 10.8. The monoisotopic (exact) mass is 479 g/mol. The second kappa shape index (κ2) is 9.10. The lowest BCUT2D eigenvalue weighted by Crippen LogP contribution is -2.32. The molecule has 8 heteroatoms. The smallest absolute Gasteiger partial charge is 0.283 e. The van der Waals surface area contributed by atoms with Gasteiger partial charge in [-0.15, -0.1) is 0 Å². The topological polar surface area (TPSA) is 78.5 Å². The minimum absolute atomic E-state index is 0.0470. The predicted molar refractivity (Wildman–Crippen MR) is 131 cm³/mol. The minimum atomic E-state index is -0.643. The Morgan fingerprint density at radius 2 is 1.61 bits per heavy atom. The third-order valence-electron chi connectivity index (χ3n) is 5.15. The van der Waals surface area contributed by atoms with Crippen molar-refractivity contribution in [3.63, 3.8) is 0 Å². The molecule has 0 radical (unpaired) electrons. The van der Waals surface area contributed by atoms with Crippen molar-refractivity contribution in [2.75, 3.05) is 15.5 Å². The summed E-state index contributed by atoms with van der Waals surface area (Å²) in [6.45, 7) is 3.88. The van der Waals surface area contributed by atoms with Gasteiger partial charge >= 0.3 is 0 Å². The van der Waals surface area contributed by atoms with Crippen molar-refractivity contribution < 1.29 is 14.4 Å². The van der Waals surface area contributed by atoms with Crippen LogP contribution in [-0.4, -0.2) is 17.7 Å². The number of nitrogens with one attached hydrogen (secondary N) is 2. The molecule has 0 saturated carbocycles. The Balaban J connectivity index is 1.49. The molecule has 2 N–H and O–H groups in total. The average molecular weight is 480 g/mol. The summed E-state index contributed by atoms with van der Waals surface area (Å²) in [6.07, 6.45) is 0. The van der Waals surface area contributed by atoms with Crippen molar-refractivity contribution in [1.82, 2.24) is 0 Å². The number of hydrogen-bond acceptors (Lipinski definition) is 4. The minimum Gasteiger partial charge on any atom is -0.350 e. The lowest BCUT2D eigenvalue weighted by atomic mass is 10.1. The maximum Gasteiger partial charge on any atom is 0.283 e. The lowest BCUT2D eigenvalue weighted by molar-refractivity contribution is -0.120. The molecule has 0 saturated heterocycles. The van der Waals surface area contributed by atoms with Crippen molar-refractivity contribution >= 4 is 58.0 Å². The number of nitrogens with zero attached hydrogens (tertiary/aromatic N) is 1. The molecule has 3 aromatic rings. The first-order valence-electron chi connectivity index (χ1n) is 10.0. The Labute approximate surface area is 200 Å². The molecule has 0 fully saturated rings. The highest BCUT2D eigenvalue weighted by Crippen LogP contribution is 2.31. The van der Waals surface area contributed by atoms with E-state index in [0.717, 1.165) is 21.7 Å². The van der Waals surface area contributed by atoms with E-state index in [2.05, 4.69) is 10.6 Å². The van der Waals surface area contributed by atoms with E-state index in [1.54, 1.807) is 42.5 Å². The van der Waals surface area contributed by atoms with Crippen LogP contribution in [-0.2, 0) is 9.59 Å². The lowest BCUT2D eigenvalue weighted by Gasteiger charge is -2.15. The van der Waals surface area contributed by atoms with Crippen LogP contribution in [0.2, 0.25) is 5.02 Å². The number of rotatable bonds is 5. The number of imide groups is 1. The number of hydrogen-bond donors (Lipinski definition) is 2. The first-order chi connectivity index (χ1) is 15.7. The van der Waals surface area contributed by atoms with Crippen LogP contribution in [0.1, 0.15) is 21.5 Å². The van der Waals surface area contributed by atoms with E-state index in [4.69, 9.17) is 23.2 Å². The number of anilines is 3. The Bertz CT molecular complexity index is 1320. The number of aryl methyl sites for hydroxylation is 2. The van der Waals surface area contributed by atoms with Crippen LogP contribution in [0, 0.1) is 13.8 Å². The Hall–Kier alpha value is -3.61. The molecule has 4 rings (SSSR count). The molecule has 1 aliphatic heterocycles. The Morgan fingerprint density at radius 1 is 0.879 bits per heavy atom. The normalized spacial score (nSPS) is 13.5. The van der Waals surface area contributed by atoms with Crippen molar-refractivity contribution in [3.8, 4) is 0 Å². The van der Waals surface area contributed by atoms with Crippen LogP contribution >= 0.6 is 23.2 Å². The van der Waals surface area contributed by atoms with E-state index in [-0.39, 0.29) is 16.6 Å². The first kappa shape index (κ1) is 22.6. The van der Waals surface area contributed by atoms with Gasteiger partial charge in [0.15, 0.2) is 0 Å². The molecule has 0 unspecified atom stereocenters. The molecule has 6 nitrogen and oxygen atoms in total. The maximum absolute atomic E-state index is 12.9. The van der Waals surface area contributed by atoms with E-state index >= 15 is 0 Å². The molecule has 1 aliphatic rings. The molecule has 166 valence electrons. The third kappa shape index (κ3) is 4.62. The van der Waals surface area contributed by atoms with Crippen molar-refractivity contribution in [2.45, 2.75) is 13.8 Å². The van der Waals surface area contributed by atoms with Gasteiger partial charge in [-0.25, -0.2) is 4.90 Å². The fourth-order valence-electron chi connectivity index (χ4n) is 3.38. The van der Waals surface area contributed by atoms with Crippen molar-refractivity contribution in [3.05, 3.63) is 99.2 Å². The highest BCUT2D eigenvalue weighted by molar-refractivity contribution is 6.53.